The summed E-state index contributed by atoms with van der Waals surface area (Å²) in [5.41, 5.74) is -0.627. The summed E-state index contributed by atoms with van der Waals surface area (Å²) in [7, 11) is 0. The van der Waals surface area contributed by atoms with Crippen molar-refractivity contribution in [1.29, 1.82) is 0 Å². The van der Waals surface area contributed by atoms with Crippen molar-refractivity contribution in [2.45, 2.75) is 55.9 Å². The smallest absolute Gasteiger partial charge is 0.258 e. The van der Waals surface area contributed by atoms with Crippen molar-refractivity contribution in [3.05, 3.63) is 40.8 Å². The number of ether oxygens (including phenoxy) is 1. The molecule has 0 aliphatic heterocycles. The molecule has 1 N–H and O–H groups in total. The molecular formula is C19H19ClF3N3O3. The predicted octanol–water partition coefficient (Wildman–Crippen LogP) is 3.99. The van der Waals surface area contributed by atoms with Gasteiger partial charge in [0.2, 0.25) is 18.2 Å². The van der Waals surface area contributed by atoms with Crippen LogP contribution >= 0.6 is 11.6 Å². The van der Waals surface area contributed by atoms with Crippen LogP contribution in [-0.4, -0.2) is 34.7 Å². The zero-order valence-corrected chi connectivity index (χ0v) is 16.3. The van der Waals surface area contributed by atoms with Gasteiger partial charge in [0, 0.05) is 23.9 Å². The summed E-state index contributed by atoms with van der Waals surface area (Å²) in [4.78, 5) is 12.2. The maximum Gasteiger partial charge on any atom is 0.258 e. The van der Waals surface area contributed by atoms with Crippen LogP contribution in [0.4, 0.5) is 13.2 Å². The Hall–Kier alpha value is -2.29. The summed E-state index contributed by atoms with van der Waals surface area (Å²) >= 11 is 5.61. The summed E-state index contributed by atoms with van der Waals surface area (Å²) in [6.45, 7) is 1.38. The summed E-state index contributed by atoms with van der Waals surface area (Å²) < 4.78 is 49.3. The van der Waals surface area contributed by atoms with Crippen LogP contribution in [0.3, 0.4) is 0 Å². The lowest BCUT2D eigenvalue weighted by Gasteiger charge is -2.68. The highest BCUT2D eigenvalue weighted by atomic mass is 35.5. The van der Waals surface area contributed by atoms with Gasteiger partial charge in [0.15, 0.2) is 6.61 Å². The molecule has 2 bridgehead atoms. The number of nitrogens with one attached hydrogen (secondary N) is 1. The van der Waals surface area contributed by atoms with Gasteiger partial charge >= 0.3 is 0 Å². The van der Waals surface area contributed by atoms with Crippen LogP contribution in [0.2, 0.25) is 5.02 Å². The van der Waals surface area contributed by atoms with Gasteiger partial charge in [-0.05, 0) is 31.4 Å². The third-order valence-corrected chi connectivity index (χ3v) is 5.85. The number of alkyl halides is 2. The molecule has 29 heavy (non-hydrogen) atoms. The highest BCUT2D eigenvalue weighted by molar-refractivity contribution is 6.30. The molecule has 1 aromatic carbocycles. The van der Waals surface area contributed by atoms with Gasteiger partial charge in [0.05, 0.1) is 10.4 Å². The molecule has 10 heteroatoms. The number of carbonyl (C=O) groups is 1. The van der Waals surface area contributed by atoms with Crippen LogP contribution in [0, 0.1) is 5.82 Å². The minimum Gasteiger partial charge on any atom is -0.484 e. The molecule has 1 atom stereocenters. The second-order valence-electron chi connectivity index (χ2n) is 7.98. The van der Waals surface area contributed by atoms with Gasteiger partial charge in [0.25, 0.3) is 5.91 Å². The second kappa shape index (κ2) is 7.19. The largest absolute Gasteiger partial charge is 0.484 e. The van der Waals surface area contributed by atoms with Crippen molar-refractivity contribution >= 4 is 17.5 Å². The maximum absolute atomic E-state index is 13.4. The molecule has 6 nitrogen and oxygen atoms in total. The molecule has 156 valence electrons. The highest BCUT2D eigenvalue weighted by Crippen LogP contribution is 2.67. The van der Waals surface area contributed by atoms with Crippen molar-refractivity contribution in [2.24, 2.45) is 0 Å². The zero-order chi connectivity index (χ0) is 20.8. The average Bonchev–Trinajstić information content (AvgIpc) is 3.07. The maximum atomic E-state index is 13.4. The molecule has 0 radical (unpaired) electrons. The number of nitrogens with zero attached hydrogens (tertiary/aromatic N) is 2. The van der Waals surface area contributed by atoms with Crippen molar-refractivity contribution in [3.8, 4) is 5.75 Å². The lowest BCUT2D eigenvalue weighted by molar-refractivity contribution is -0.143. The fourth-order valence-electron chi connectivity index (χ4n) is 4.21. The van der Waals surface area contributed by atoms with E-state index in [9.17, 15) is 18.0 Å². The van der Waals surface area contributed by atoms with Crippen LogP contribution in [-0.2, 0) is 10.2 Å². The molecule has 3 fully saturated rings. The van der Waals surface area contributed by atoms with E-state index in [0.717, 1.165) is 6.07 Å². The Balaban J connectivity index is 1.27. The number of benzene rings is 1. The van der Waals surface area contributed by atoms with Gasteiger partial charge in [-0.1, -0.05) is 18.5 Å². The number of carbonyl (C=O) groups excluding carboxylic acids is 1. The van der Waals surface area contributed by atoms with Gasteiger partial charge in [-0.25, -0.2) is 13.2 Å². The summed E-state index contributed by atoms with van der Waals surface area (Å²) in [5, 5.41) is 10.8. The topological polar surface area (TPSA) is 77.2 Å². The van der Waals surface area contributed by atoms with Gasteiger partial charge in [0.1, 0.15) is 11.6 Å². The lowest BCUT2D eigenvalue weighted by atomic mass is 9.39. The van der Waals surface area contributed by atoms with Crippen molar-refractivity contribution in [3.63, 3.8) is 0 Å². The monoisotopic (exact) mass is 429 g/mol. The first kappa shape index (κ1) is 20.0. The Labute approximate surface area is 169 Å². The van der Waals surface area contributed by atoms with Gasteiger partial charge in [-0.15, -0.1) is 10.2 Å². The third kappa shape index (κ3) is 3.80. The second-order valence-corrected chi connectivity index (χ2v) is 8.38. The molecule has 1 amide bonds. The molecule has 0 unspecified atom stereocenters. The van der Waals surface area contributed by atoms with E-state index in [1.165, 1.54) is 12.1 Å². The molecular weight excluding hydrogens is 411 g/mol. The highest BCUT2D eigenvalue weighted by Gasteiger charge is 2.71. The van der Waals surface area contributed by atoms with E-state index in [0.29, 0.717) is 25.2 Å². The van der Waals surface area contributed by atoms with Gasteiger partial charge < -0.3 is 14.5 Å². The van der Waals surface area contributed by atoms with Crippen LogP contribution in [0.5, 0.6) is 5.75 Å². The first-order valence-corrected chi connectivity index (χ1v) is 9.59. The standard InChI is InChI=1S/C19H19ClF3N3O3/c1-10(4-14(22)23)16-25-26-17(29-16)18-7-19(8-18,9-18)24-15(27)6-28-11-2-3-12(20)13(21)5-11/h2-3,5,10,14H,4,6-9H2,1H3,(H,24,27)/t10-,18?,19?/m1/s1. The fourth-order valence-corrected chi connectivity index (χ4v) is 4.33. The van der Waals surface area contributed by atoms with E-state index in [-0.39, 0.29) is 46.6 Å². The van der Waals surface area contributed by atoms with Crippen LogP contribution in [0.1, 0.15) is 50.3 Å². The number of hydrogen-bond donors (Lipinski definition) is 1. The first-order chi connectivity index (χ1) is 13.7. The molecule has 1 heterocycles. The number of aromatic nitrogens is 2. The Morgan fingerprint density at radius 2 is 2.07 bits per heavy atom. The van der Waals surface area contributed by atoms with E-state index in [4.69, 9.17) is 20.8 Å². The van der Waals surface area contributed by atoms with Crippen LogP contribution < -0.4 is 10.1 Å². The molecule has 5 rings (SSSR count). The Morgan fingerprint density at radius 1 is 1.34 bits per heavy atom. The minimum absolute atomic E-state index is 0.0197. The van der Waals surface area contributed by atoms with E-state index in [1.54, 1.807) is 6.92 Å². The zero-order valence-electron chi connectivity index (χ0n) is 15.6. The normalized spacial score (nSPS) is 25.9. The van der Waals surface area contributed by atoms with Gasteiger partial charge in [-0.2, -0.15) is 0 Å². The van der Waals surface area contributed by atoms with Gasteiger partial charge in [-0.3, -0.25) is 4.79 Å². The Kier molecular flexibility index (Phi) is 4.96. The Bertz CT molecular complexity index is 917. The summed E-state index contributed by atoms with van der Waals surface area (Å²) in [6.07, 6.45) is -0.822. The summed E-state index contributed by atoms with van der Waals surface area (Å²) in [6, 6.07) is 3.96. The minimum atomic E-state index is -2.43. The molecule has 0 spiro atoms. The number of hydrogen-bond acceptors (Lipinski definition) is 5. The predicted molar refractivity (Wildman–Crippen MR) is 96.6 cm³/mol. The van der Waals surface area contributed by atoms with Crippen molar-refractivity contribution in [1.82, 2.24) is 15.5 Å². The molecule has 2 aromatic rings. The van der Waals surface area contributed by atoms with Crippen LogP contribution in [0.25, 0.3) is 0 Å². The number of amides is 1. The molecule has 3 aliphatic rings. The average molecular weight is 430 g/mol. The number of halogens is 4. The van der Waals surface area contributed by atoms with E-state index >= 15 is 0 Å². The molecule has 3 aliphatic carbocycles. The fraction of sp³-hybridized carbons (Fsp3) is 0.526. The molecule has 3 saturated carbocycles. The first-order valence-electron chi connectivity index (χ1n) is 9.21. The Morgan fingerprint density at radius 3 is 2.72 bits per heavy atom. The molecule has 1 aromatic heterocycles. The molecule has 0 saturated heterocycles. The van der Waals surface area contributed by atoms with Crippen molar-refractivity contribution < 1.29 is 27.1 Å². The van der Waals surface area contributed by atoms with E-state index in [1.807, 2.05) is 0 Å². The number of rotatable bonds is 8. The quantitative estimate of drug-likeness (QED) is 0.686. The third-order valence-electron chi connectivity index (χ3n) is 5.54. The SMILES string of the molecule is C[C@H](CC(F)F)c1nnc(C23CC(NC(=O)COc4ccc(Cl)c(F)c4)(C2)C3)o1. The van der Waals surface area contributed by atoms with Crippen molar-refractivity contribution in [2.75, 3.05) is 6.61 Å². The van der Waals surface area contributed by atoms with E-state index < -0.39 is 18.2 Å². The lowest BCUT2D eigenvalue weighted by Crippen LogP contribution is -2.77. The van der Waals surface area contributed by atoms with E-state index in [2.05, 4.69) is 15.5 Å². The van der Waals surface area contributed by atoms with Crippen LogP contribution in [0.15, 0.2) is 22.6 Å². The summed E-state index contributed by atoms with van der Waals surface area (Å²) in [5.74, 6) is -0.568.